The molecular formula is C18H25NO2. The average molecular weight is 287 g/mol. The first-order valence-corrected chi connectivity index (χ1v) is 7.35. The number of likely N-dealkylation sites (N-methyl/N-ethyl adjacent to an activating group) is 1. The van der Waals surface area contributed by atoms with E-state index in [0.29, 0.717) is 6.54 Å². The molecule has 0 radical (unpaired) electrons. The van der Waals surface area contributed by atoms with Crippen LogP contribution in [0.4, 0.5) is 0 Å². The van der Waals surface area contributed by atoms with Crippen molar-refractivity contribution >= 4 is 5.91 Å². The Bertz CT molecular complexity index is 488. The second-order valence-electron chi connectivity index (χ2n) is 4.91. The van der Waals surface area contributed by atoms with Gasteiger partial charge in [0.25, 0.3) is 0 Å². The van der Waals surface area contributed by atoms with Crippen molar-refractivity contribution in [2.24, 2.45) is 0 Å². The Hall–Kier alpha value is -2.03. The summed E-state index contributed by atoms with van der Waals surface area (Å²) < 4.78 is 5.16. The summed E-state index contributed by atoms with van der Waals surface area (Å²) in [5.74, 6) is 0.903. The first-order valence-electron chi connectivity index (χ1n) is 7.35. The van der Waals surface area contributed by atoms with Gasteiger partial charge in [0.05, 0.1) is 7.11 Å². The summed E-state index contributed by atoms with van der Waals surface area (Å²) >= 11 is 0. The fourth-order valence-electron chi connectivity index (χ4n) is 2.24. The van der Waals surface area contributed by atoms with Crippen LogP contribution >= 0.6 is 0 Å². The lowest BCUT2D eigenvalue weighted by Crippen LogP contribution is -2.38. The minimum absolute atomic E-state index is 0.0524. The molecule has 0 heterocycles. The monoisotopic (exact) mass is 287 g/mol. The van der Waals surface area contributed by atoms with E-state index in [-0.39, 0.29) is 11.9 Å². The van der Waals surface area contributed by atoms with Crippen LogP contribution in [0, 0.1) is 0 Å². The molecule has 0 fully saturated rings. The predicted molar refractivity (Wildman–Crippen MR) is 87.5 cm³/mol. The van der Waals surface area contributed by atoms with Crippen LogP contribution in [0.5, 0.6) is 5.75 Å². The van der Waals surface area contributed by atoms with Crippen LogP contribution < -0.4 is 4.74 Å². The molecule has 1 atom stereocenters. The molecule has 1 aromatic rings. The van der Waals surface area contributed by atoms with Gasteiger partial charge in [0.1, 0.15) is 5.75 Å². The summed E-state index contributed by atoms with van der Waals surface area (Å²) in [6.45, 7) is 6.72. The van der Waals surface area contributed by atoms with Crippen LogP contribution in [0.2, 0.25) is 0 Å². The summed E-state index contributed by atoms with van der Waals surface area (Å²) in [4.78, 5) is 14.0. The number of ether oxygens (including phenoxy) is 1. The molecule has 114 valence electrons. The maximum Gasteiger partial charge on any atom is 0.246 e. The molecule has 0 aliphatic rings. The van der Waals surface area contributed by atoms with E-state index in [1.165, 1.54) is 5.56 Å². The molecular weight excluding hydrogens is 262 g/mol. The van der Waals surface area contributed by atoms with E-state index in [9.17, 15) is 4.79 Å². The summed E-state index contributed by atoms with van der Waals surface area (Å²) in [5.41, 5.74) is 1.20. The zero-order valence-corrected chi connectivity index (χ0v) is 13.4. The van der Waals surface area contributed by atoms with Crippen LogP contribution in [-0.2, 0) is 11.2 Å². The van der Waals surface area contributed by atoms with Crippen molar-refractivity contribution in [3.05, 3.63) is 54.1 Å². The molecule has 1 aromatic carbocycles. The van der Waals surface area contributed by atoms with Gasteiger partial charge in [-0.15, -0.1) is 0 Å². The van der Waals surface area contributed by atoms with E-state index < -0.39 is 0 Å². The number of carbonyl (C=O) groups excluding carboxylic acids is 1. The lowest BCUT2D eigenvalue weighted by molar-refractivity contribution is -0.127. The van der Waals surface area contributed by atoms with E-state index in [4.69, 9.17) is 4.74 Å². The minimum atomic E-state index is 0.0524. The van der Waals surface area contributed by atoms with E-state index in [1.54, 1.807) is 19.3 Å². The van der Waals surface area contributed by atoms with Crippen LogP contribution in [0.3, 0.4) is 0 Å². The molecule has 0 saturated heterocycles. The normalized spacial score (nSPS) is 12.8. The molecule has 0 aliphatic heterocycles. The fourth-order valence-corrected chi connectivity index (χ4v) is 2.24. The smallest absolute Gasteiger partial charge is 0.246 e. The summed E-state index contributed by atoms with van der Waals surface area (Å²) in [6.07, 6.45) is 8.00. The molecule has 0 saturated carbocycles. The maximum atomic E-state index is 12.2. The van der Waals surface area contributed by atoms with Crippen molar-refractivity contribution in [2.45, 2.75) is 33.2 Å². The highest BCUT2D eigenvalue weighted by Gasteiger charge is 2.16. The largest absolute Gasteiger partial charge is 0.497 e. The standard InChI is InChI=1S/C18H25NO2/c1-5-7-8-9-18(20)19(6-2)15(3)14-16-10-12-17(21-4)13-11-16/h5,7-13,15H,6,14H2,1-4H3/b7-5+,9-8+. The van der Waals surface area contributed by atoms with Gasteiger partial charge in [0, 0.05) is 18.7 Å². The number of allylic oxidation sites excluding steroid dienone is 3. The molecule has 0 aliphatic carbocycles. The molecule has 21 heavy (non-hydrogen) atoms. The lowest BCUT2D eigenvalue weighted by Gasteiger charge is -2.27. The Morgan fingerprint density at radius 1 is 1.29 bits per heavy atom. The molecule has 1 rings (SSSR count). The first-order chi connectivity index (χ1) is 10.1. The molecule has 3 nitrogen and oxygen atoms in total. The average Bonchev–Trinajstić information content (AvgIpc) is 2.49. The highest BCUT2D eigenvalue weighted by atomic mass is 16.5. The Morgan fingerprint density at radius 2 is 1.95 bits per heavy atom. The topological polar surface area (TPSA) is 29.5 Å². The van der Waals surface area contributed by atoms with Crippen molar-refractivity contribution in [2.75, 3.05) is 13.7 Å². The third-order valence-corrected chi connectivity index (χ3v) is 3.39. The third-order valence-electron chi connectivity index (χ3n) is 3.39. The van der Waals surface area contributed by atoms with Gasteiger partial charge in [-0.3, -0.25) is 4.79 Å². The Morgan fingerprint density at radius 3 is 2.48 bits per heavy atom. The van der Waals surface area contributed by atoms with E-state index >= 15 is 0 Å². The number of methoxy groups -OCH3 is 1. The fraction of sp³-hybridized carbons (Fsp3) is 0.389. The Kier molecular flexibility index (Phi) is 7.30. The van der Waals surface area contributed by atoms with E-state index in [1.807, 2.05) is 55.2 Å². The van der Waals surface area contributed by atoms with Gasteiger partial charge in [-0.2, -0.15) is 0 Å². The van der Waals surface area contributed by atoms with Gasteiger partial charge in [-0.1, -0.05) is 30.4 Å². The maximum absolute atomic E-state index is 12.2. The van der Waals surface area contributed by atoms with Crippen LogP contribution in [-0.4, -0.2) is 30.5 Å². The second kappa shape index (κ2) is 9.01. The highest BCUT2D eigenvalue weighted by molar-refractivity contribution is 5.88. The molecule has 1 amide bonds. The molecule has 0 N–H and O–H groups in total. The van der Waals surface area contributed by atoms with Crippen LogP contribution in [0.25, 0.3) is 0 Å². The number of rotatable bonds is 7. The summed E-state index contributed by atoms with van der Waals surface area (Å²) in [6, 6.07) is 8.15. The van der Waals surface area contributed by atoms with Gasteiger partial charge in [0.2, 0.25) is 5.91 Å². The van der Waals surface area contributed by atoms with Crippen molar-refractivity contribution in [1.29, 1.82) is 0 Å². The first kappa shape index (κ1) is 17.0. The SMILES string of the molecule is C/C=C/C=C/C(=O)N(CC)C(C)Cc1ccc(OC)cc1. The Labute approximate surface area is 127 Å². The van der Waals surface area contributed by atoms with Gasteiger partial charge < -0.3 is 9.64 Å². The molecule has 0 aromatic heterocycles. The molecule has 3 heteroatoms. The lowest BCUT2D eigenvalue weighted by atomic mass is 10.1. The summed E-state index contributed by atoms with van der Waals surface area (Å²) in [5, 5.41) is 0. The number of carbonyl (C=O) groups is 1. The zero-order valence-electron chi connectivity index (χ0n) is 13.4. The third kappa shape index (κ3) is 5.46. The zero-order chi connectivity index (χ0) is 15.7. The number of hydrogen-bond acceptors (Lipinski definition) is 2. The second-order valence-corrected chi connectivity index (χ2v) is 4.91. The quantitative estimate of drug-likeness (QED) is 0.566. The van der Waals surface area contributed by atoms with Gasteiger partial charge >= 0.3 is 0 Å². The number of nitrogens with zero attached hydrogens (tertiary/aromatic N) is 1. The molecule has 0 bridgehead atoms. The molecule has 0 spiro atoms. The minimum Gasteiger partial charge on any atom is -0.497 e. The Balaban J connectivity index is 2.69. The number of hydrogen-bond donors (Lipinski definition) is 0. The number of amides is 1. The van der Waals surface area contributed by atoms with E-state index in [2.05, 4.69) is 6.92 Å². The predicted octanol–water partition coefficient (Wildman–Crippen LogP) is 3.61. The van der Waals surface area contributed by atoms with E-state index in [0.717, 1.165) is 12.2 Å². The van der Waals surface area contributed by atoms with Crippen molar-refractivity contribution in [3.8, 4) is 5.75 Å². The van der Waals surface area contributed by atoms with Crippen LogP contribution in [0.1, 0.15) is 26.3 Å². The number of benzene rings is 1. The van der Waals surface area contributed by atoms with Crippen molar-refractivity contribution in [1.82, 2.24) is 4.90 Å². The van der Waals surface area contributed by atoms with Crippen molar-refractivity contribution in [3.63, 3.8) is 0 Å². The highest BCUT2D eigenvalue weighted by Crippen LogP contribution is 2.14. The van der Waals surface area contributed by atoms with Crippen molar-refractivity contribution < 1.29 is 9.53 Å². The van der Waals surface area contributed by atoms with Gasteiger partial charge in [0.15, 0.2) is 0 Å². The van der Waals surface area contributed by atoms with Gasteiger partial charge in [-0.05, 0) is 44.9 Å². The van der Waals surface area contributed by atoms with Gasteiger partial charge in [-0.25, -0.2) is 0 Å². The molecule has 1 unspecified atom stereocenters. The van der Waals surface area contributed by atoms with Crippen LogP contribution in [0.15, 0.2) is 48.6 Å². The summed E-state index contributed by atoms with van der Waals surface area (Å²) in [7, 11) is 1.66.